The van der Waals surface area contributed by atoms with Crippen molar-refractivity contribution in [2.75, 3.05) is 19.6 Å². The second-order valence-corrected chi connectivity index (χ2v) is 7.95. The van der Waals surface area contributed by atoms with Crippen molar-refractivity contribution in [3.8, 4) is 0 Å². The number of nitrogens with one attached hydrogen (secondary N) is 1. The smallest absolute Gasteiger partial charge is 0.410 e. The summed E-state index contributed by atoms with van der Waals surface area (Å²) >= 11 is 0. The van der Waals surface area contributed by atoms with Crippen LogP contribution in [0.15, 0.2) is 16.7 Å². The van der Waals surface area contributed by atoms with Crippen molar-refractivity contribution in [1.29, 1.82) is 0 Å². The van der Waals surface area contributed by atoms with E-state index < -0.39 is 5.60 Å². The van der Waals surface area contributed by atoms with Gasteiger partial charge in [0.05, 0.1) is 12.8 Å². The van der Waals surface area contributed by atoms with E-state index in [1.807, 2.05) is 31.7 Å². The molecule has 0 unspecified atom stereocenters. The Morgan fingerprint density at radius 3 is 2.54 bits per heavy atom. The summed E-state index contributed by atoms with van der Waals surface area (Å²) in [6, 6.07) is 1.99. The molecule has 1 saturated heterocycles. The number of hydrogen-bond acceptors (Lipinski definition) is 4. The van der Waals surface area contributed by atoms with E-state index in [0.717, 1.165) is 51.2 Å². The Morgan fingerprint density at radius 2 is 2.04 bits per heavy atom. The second kappa shape index (κ2) is 7.60. The number of rotatable bonds is 5. The van der Waals surface area contributed by atoms with Crippen LogP contribution in [0.5, 0.6) is 0 Å². The molecule has 0 bridgehead atoms. The largest absolute Gasteiger partial charge is 0.468 e. The van der Waals surface area contributed by atoms with Crippen LogP contribution in [0.1, 0.15) is 58.3 Å². The molecule has 5 nitrogen and oxygen atoms in total. The summed E-state index contributed by atoms with van der Waals surface area (Å²) in [5, 5.41) is 3.54. The predicted octanol–water partition coefficient (Wildman–Crippen LogP) is 4.10. The number of hydrogen-bond donors (Lipinski definition) is 1. The molecule has 1 amide bonds. The highest BCUT2D eigenvalue weighted by Crippen LogP contribution is 2.34. The summed E-state index contributed by atoms with van der Waals surface area (Å²) in [5.41, 5.74) is 1.01. The van der Waals surface area contributed by atoms with Crippen LogP contribution in [0.2, 0.25) is 0 Å². The molecule has 24 heavy (non-hydrogen) atoms. The van der Waals surface area contributed by atoms with Gasteiger partial charge in [0.2, 0.25) is 0 Å². The van der Waals surface area contributed by atoms with Crippen molar-refractivity contribution in [1.82, 2.24) is 10.2 Å². The van der Waals surface area contributed by atoms with Crippen molar-refractivity contribution in [2.45, 2.75) is 66.0 Å². The first-order valence-electron chi connectivity index (χ1n) is 8.96. The quantitative estimate of drug-likeness (QED) is 0.879. The molecular weight excluding hydrogens is 304 g/mol. The minimum Gasteiger partial charge on any atom is -0.468 e. The number of aryl methyl sites for hydroxylation is 1. The Morgan fingerprint density at radius 1 is 1.38 bits per heavy atom. The van der Waals surface area contributed by atoms with Crippen LogP contribution < -0.4 is 5.32 Å². The van der Waals surface area contributed by atoms with E-state index in [1.54, 1.807) is 6.26 Å². The predicted molar refractivity (Wildman–Crippen MR) is 94.9 cm³/mol. The van der Waals surface area contributed by atoms with Crippen LogP contribution in [-0.2, 0) is 11.3 Å². The zero-order valence-electron chi connectivity index (χ0n) is 15.8. The van der Waals surface area contributed by atoms with Crippen LogP contribution in [0, 0.1) is 12.3 Å². The zero-order valence-corrected chi connectivity index (χ0v) is 15.8. The van der Waals surface area contributed by atoms with Crippen LogP contribution in [0.3, 0.4) is 0 Å². The number of carbonyl (C=O) groups is 1. The summed E-state index contributed by atoms with van der Waals surface area (Å²) in [6.45, 7) is 13.3. The standard InChI is InChI=1S/C19H32N2O3/c1-6-19(14-20-13-16-15(2)7-12-23-16)8-10-21(11-9-19)17(22)24-18(3,4)5/h7,12,20H,6,8-11,13-14H2,1-5H3. The molecule has 1 fully saturated rings. The molecule has 0 aliphatic carbocycles. The lowest BCUT2D eigenvalue weighted by molar-refractivity contribution is 0.00939. The van der Waals surface area contributed by atoms with Gasteiger partial charge in [0.15, 0.2) is 0 Å². The molecule has 1 aliphatic rings. The lowest BCUT2D eigenvalue weighted by Gasteiger charge is -2.41. The topological polar surface area (TPSA) is 54.7 Å². The fourth-order valence-electron chi connectivity index (χ4n) is 3.17. The van der Waals surface area contributed by atoms with E-state index in [-0.39, 0.29) is 11.5 Å². The number of nitrogens with zero attached hydrogens (tertiary/aromatic N) is 1. The molecule has 0 atom stereocenters. The van der Waals surface area contributed by atoms with Crippen LogP contribution in [-0.4, -0.2) is 36.2 Å². The molecule has 5 heteroatoms. The summed E-state index contributed by atoms with van der Waals surface area (Å²) in [7, 11) is 0. The third kappa shape index (κ3) is 5.00. The average molecular weight is 336 g/mol. The summed E-state index contributed by atoms with van der Waals surface area (Å²) in [5.74, 6) is 1.01. The van der Waals surface area contributed by atoms with Crippen molar-refractivity contribution in [3.63, 3.8) is 0 Å². The molecule has 0 saturated carbocycles. The molecule has 1 N–H and O–H groups in total. The third-order valence-corrected chi connectivity index (χ3v) is 4.98. The maximum Gasteiger partial charge on any atom is 0.410 e. The molecule has 2 heterocycles. The van der Waals surface area contributed by atoms with E-state index in [9.17, 15) is 4.79 Å². The van der Waals surface area contributed by atoms with Gasteiger partial charge in [-0.15, -0.1) is 0 Å². The maximum atomic E-state index is 12.2. The number of ether oxygens (including phenoxy) is 1. The van der Waals surface area contributed by atoms with E-state index in [4.69, 9.17) is 9.15 Å². The van der Waals surface area contributed by atoms with Gasteiger partial charge in [-0.1, -0.05) is 6.92 Å². The molecule has 2 rings (SSSR count). The first kappa shape index (κ1) is 18.8. The lowest BCUT2D eigenvalue weighted by atomic mass is 9.76. The molecular formula is C19H32N2O3. The normalized spacial score (nSPS) is 17.8. The molecule has 1 aromatic heterocycles. The van der Waals surface area contributed by atoms with Gasteiger partial charge in [-0.2, -0.15) is 0 Å². The van der Waals surface area contributed by atoms with E-state index in [2.05, 4.69) is 19.2 Å². The number of likely N-dealkylation sites (tertiary alicyclic amines) is 1. The van der Waals surface area contributed by atoms with E-state index in [1.165, 1.54) is 5.56 Å². The molecule has 0 spiro atoms. The van der Waals surface area contributed by atoms with Crippen molar-refractivity contribution in [2.24, 2.45) is 5.41 Å². The molecule has 136 valence electrons. The van der Waals surface area contributed by atoms with Crippen LogP contribution in [0.25, 0.3) is 0 Å². The van der Waals surface area contributed by atoms with Gasteiger partial charge < -0.3 is 19.4 Å². The fourth-order valence-corrected chi connectivity index (χ4v) is 3.17. The Bertz CT molecular complexity index is 537. The Balaban J connectivity index is 1.82. The Kier molecular flexibility index (Phi) is 5.97. The monoisotopic (exact) mass is 336 g/mol. The van der Waals surface area contributed by atoms with Gasteiger partial charge in [-0.3, -0.25) is 0 Å². The molecule has 0 aromatic carbocycles. The van der Waals surface area contributed by atoms with Crippen LogP contribution in [0.4, 0.5) is 4.79 Å². The molecule has 1 aromatic rings. The van der Waals surface area contributed by atoms with Gasteiger partial charge in [-0.25, -0.2) is 4.79 Å². The highest BCUT2D eigenvalue weighted by atomic mass is 16.6. The van der Waals surface area contributed by atoms with Gasteiger partial charge >= 0.3 is 6.09 Å². The minimum atomic E-state index is -0.432. The van der Waals surface area contributed by atoms with E-state index in [0.29, 0.717) is 0 Å². The summed E-state index contributed by atoms with van der Waals surface area (Å²) in [6.07, 6.45) is 4.67. The second-order valence-electron chi connectivity index (χ2n) is 7.95. The number of furan rings is 1. The number of carbonyl (C=O) groups excluding carboxylic acids is 1. The Hall–Kier alpha value is -1.49. The van der Waals surface area contributed by atoms with E-state index >= 15 is 0 Å². The van der Waals surface area contributed by atoms with Gasteiger partial charge in [0.1, 0.15) is 11.4 Å². The van der Waals surface area contributed by atoms with Gasteiger partial charge in [-0.05, 0) is 64.0 Å². The number of piperidine rings is 1. The minimum absolute atomic E-state index is 0.189. The third-order valence-electron chi connectivity index (χ3n) is 4.98. The zero-order chi connectivity index (χ0) is 17.8. The fraction of sp³-hybridized carbons (Fsp3) is 0.737. The molecule has 1 aliphatic heterocycles. The molecule has 0 radical (unpaired) electrons. The maximum absolute atomic E-state index is 12.2. The Labute approximate surface area is 145 Å². The highest BCUT2D eigenvalue weighted by molar-refractivity contribution is 5.68. The summed E-state index contributed by atoms with van der Waals surface area (Å²) in [4.78, 5) is 14.0. The summed E-state index contributed by atoms with van der Waals surface area (Å²) < 4.78 is 11.0. The average Bonchev–Trinajstić information content (AvgIpc) is 2.91. The first-order valence-corrected chi connectivity index (χ1v) is 8.96. The van der Waals surface area contributed by atoms with Crippen molar-refractivity contribution < 1.29 is 13.9 Å². The SMILES string of the molecule is CCC1(CNCc2occc2C)CCN(C(=O)OC(C)(C)C)CC1. The lowest BCUT2D eigenvalue weighted by Crippen LogP contribution is -2.48. The van der Waals surface area contributed by atoms with Crippen molar-refractivity contribution in [3.05, 3.63) is 23.7 Å². The van der Waals surface area contributed by atoms with Crippen molar-refractivity contribution >= 4 is 6.09 Å². The first-order chi connectivity index (χ1) is 11.2. The van der Waals surface area contributed by atoms with Gasteiger partial charge in [0, 0.05) is 19.6 Å². The number of amides is 1. The van der Waals surface area contributed by atoms with Crippen LogP contribution >= 0.6 is 0 Å². The highest BCUT2D eigenvalue weighted by Gasteiger charge is 2.35. The van der Waals surface area contributed by atoms with Gasteiger partial charge in [0.25, 0.3) is 0 Å².